The monoisotopic (exact) mass is 413 g/mol. The van der Waals surface area contributed by atoms with Crippen LogP contribution in [0.25, 0.3) is 0 Å². The third-order valence-electron chi connectivity index (χ3n) is 3.42. The first-order chi connectivity index (χ1) is 13.5. The number of carbonyl (C=O) groups excluding carboxylic acids is 2. The van der Waals surface area contributed by atoms with E-state index in [1.54, 1.807) is 30.5 Å². The number of methoxy groups -OCH3 is 1. The van der Waals surface area contributed by atoms with Gasteiger partial charge in [0.15, 0.2) is 6.17 Å². The number of nitrogens with one attached hydrogen (secondary N) is 3. The molecule has 0 radical (unpaired) electrons. The molecule has 2 amide bonds. The number of amides is 2. The molecule has 4 N–H and O–H groups in total. The number of hydrogen-bond donors (Lipinski definition) is 4. The van der Waals surface area contributed by atoms with Crippen LogP contribution in [0.3, 0.4) is 0 Å². The summed E-state index contributed by atoms with van der Waals surface area (Å²) in [5, 5.41) is 16.9. The minimum atomic E-state index is -0.932. The Balaban J connectivity index is 2.63. The number of thioether (sulfide) groups is 1. The lowest BCUT2D eigenvalue weighted by molar-refractivity contribution is -0.137. The molecule has 0 saturated heterocycles. The van der Waals surface area contributed by atoms with Crippen LogP contribution in [0.4, 0.5) is 5.69 Å². The molecule has 156 valence electrons. The molecular formula is C18H27N3O6S. The van der Waals surface area contributed by atoms with E-state index in [-0.39, 0.29) is 24.0 Å². The Bertz CT molecular complexity index is 626. The van der Waals surface area contributed by atoms with Gasteiger partial charge in [0, 0.05) is 25.8 Å². The maximum atomic E-state index is 12.3. The summed E-state index contributed by atoms with van der Waals surface area (Å²) in [5.41, 5.74) is 0.620. The smallest absolute Gasteiger partial charge is 0.303 e. The van der Waals surface area contributed by atoms with E-state index >= 15 is 0 Å². The predicted molar refractivity (Wildman–Crippen MR) is 108 cm³/mol. The Morgan fingerprint density at radius 1 is 1.18 bits per heavy atom. The van der Waals surface area contributed by atoms with Gasteiger partial charge < -0.3 is 30.5 Å². The molecule has 9 nitrogen and oxygen atoms in total. The molecule has 1 atom stereocenters. The average Bonchev–Trinajstić information content (AvgIpc) is 2.66. The molecule has 10 heteroatoms. The molecule has 0 spiro atoms. The fourth-order valence-electron chi connectivity index (χ4n) is 2.11. The zero-order valence-corrected chi connectivity index (χ0v) is 16.8. The largest absolute Gasteiger partial charge is 0.494 e. The summed E-state index contributed by atoms with van der Waals surface area (Å²) in [6.45, 7) is 0.995. The highest BCUT2D eigenvalue weighted by molar-refractivity contribution is 7.99. The molecular weight excluding hydrogens is 386 g/mol. The molecule has 28 heavy (non-hydrogen) atoms. The van der Waals surface area contributed by atoms with Crippen molar-refractivity contribution in [3.8, 4) is 5.75 Å². The van der Waals surface area contributed by atoms with Crippen molar-refractivity contribution in [2.45, 2.75) is 19.0 Å². The lowest BCUT2D eigenvalue weighted by Crippen LogP contribution is -2.52. The van der Waals surface area contributed by atoms with Gasteiger partial charge in [0.2, 0.25) is 5.91 Å². The van der Waals surface area contributed by atoms with Crippen LogP contribution < -0.4 is 20.7 Å². The van der Waals surface area contributed by atoms with Gasteiger partial charge in [-0.15, -0.1) is 0 Å². The quantitative estimate of drug-likeness (QED) is 0.262. The Labute approximate surface area is 168 Å². The predicted octanol–water partition coefficient (Wildman–Crippen LogP) is 0.910. The minimum Gasteiger partial charge on any atom is -0.494 e. The molecule has 0 fully saturated rings. The van der Waals surface area contributed by atoms with Gasteiger partial charge in [0.1, 0.15) is 5.75 Å². The summed E-state index contributed by atoms with van der Waals surface area (Å²) in [4.78, 5) is 34.7. The average molecular weight is 413 g/mol. The molecule has 1 unspecified atom stereocenters. The van der Waals surface area contributed by atoms with Crippen molar-refractivity contribution in [3.63, 3.8) is 0 Å². The van der Waals surface area contributed by atoms with E-state index in [4.69, 9.17) is 14.6 Å². The summed E-state index contributed by atoms with van der Waals surface area (Å²) >= 11 is 1.36. The first-order valence-corrected chi connectivity index (χ1v) is 10.1. The first-order valence-electron chi connectivity index (χ1n) is 8.72. The van der Waals surface area contributed by atoms with Crippen molar-refractivity contribution < 1.29 is 29.0 Å². The Hall–Kier alpha value is -2.46. The molecule has 0 heterocycles. The molecule has 1 aromatic carbocycles. The van der Waals surface area contributed by atoms with Crippen molar-refractivity contribution in [2.24, 2.45) is 0 Å². The highest BCUT2D eigenvalue weighted by Gasteiger charge is 2.20. The van der Waals surface area contributed by atoms with Crippen LogP contribution >= 0.6 is 11.8 Å². The van der Waals surface area contributed by atoms with Crippen LogP contribution in [0.2, 0.25) is 0 Å². The SMILES string of the molecule is COCCNC(=O)C(NC(=O)CSC)Nc1ccc(OCCCC(=O)O)cc1. The maximum Gasteiger partial charge on any atom is 0.303 e. The highest BCUT2D eigenvalue weighted by Crippen LogP contribution is 2.16. The Morgan fingerprint density at radius 3 is 2.50 bits per heavy atom. The van der Waals surface area contributed by atoms with E-state index in [2.05, 4.69) is 16.0 Å². The van der Waals surface area contributed by atoms with E-state index in [1.165, 1.54) is 18.9 Å². The number of carboxylic acids is 1. The number of hydrogen-bond acceptors (Lipinski definition) is 7. The molecule has 1 aromatic rings. The number of anilines is 1. The number of carbonyl (C=O) groups is 3. The van der Waals surface area contributed by atoms with E-state index in [1.807, 2.05) is 0 Å². The fraction of sp³-hybridized carbons (Fsp3) is 0.500. The van der Waals surface area contributed by atoms with Crippen LogP contribution in [0.5, 0.6) is 5.75 Å². The molecule has 1 rings (SSSR count). The fourth-order valence-corrected chi connectivity index (χ4v) is 2.45. The van der Waals surface area contributed by atoms with Crippen LogP contribution in [-0.2, 0) is 19.1 Å². The molecule has 0 aromatic heterocycles. The van der Waals surface area contributed by atoms with E-state index in [0.29, 0.717) is 37.6 Å². The van der Waals surface area contributed by atoms with Gasteiger partial charge in [-0.2, -0.15) is 11.8 Å². The summed E-state index contributed by atoms with van der Waals surface area (Å²) in [6, 6.07) is 6.82. The first kappa shape index (κ1) is 23.6. The lowest BCUT2D eigenvalue weighted by atomic mass is 10.2. The summed E-state index contributed by atoms with van der Waals surface area (Å²) < 4.78 is 10.4. The summed E-state index contributed by atoms with van der Waals surface area (Å²) in [6.07, 6.45) is 1.34. The van der Waals surface area contributed by atoms with Crippen molar-refractivity contribution in [1.82, 2.24) is 10.6 Å². The molecule has 0 aliphatic carbocycles. The Morgan fingerprint density at radius 2 is 1.89 bits per heavy atom. The molecule has 0 aliphatic heterocycles. The van der Waals surface area contributed by atoms with E-state index in [0.717, 1.165) is 0 Å². The second-order valence-corrected chi connectivity index (χ2v) is 6.60. The topological polar surface area (TPSA) is 126 Å². The van der Waals surface area contributed by atoms with Gasteiger partial charge in [-0.1, -0.05) is 0 Å². The normalized spacial score (nSPS) is 11.4. The summed E-state index contributed by atoms with van der Waals surface area (Å²) in [5.74, 6) is -0.664. The van der Waals surface area contributed by atoms with Crippen LogP contribution in [0, 0.1) is 0 Å². The second kappa shape index (κ2) is 13.7. The number of ether oxygens (including phenoxy) is 2. The summed E-state index contributed by atoms with van der Waals surface area (Å²) in [7, 11) is 1.54. The maximum absolute atomic E-state index is 12.3. The molecule has 0 saturated carbocycles. The number of benzene rings is 1. The van der Waals surface area contributed by atoms with Gasteiger partial charge in [-0.25, -0.2) is 0 Å². The zero-order valence-electron chi connectivity index (χ0n) is 16.0. The van der Waals surface area contributed by atoms with Gasteiger partial charge >= 0.3 is 5.97 Å². The van der Waals surface area contributed by atoms with Gasteiger partial charge in [-0.3, -0.25) is 14.4 Å². The van der Waals surface area contributed by atoms with Gasteiger partial charge in [-0.05, 0) is 36.9 Å². The Kier molecular flexibility index (Phi) is 11.5. The van der Waals surface area contributed by atoms with Gasteiger partial charge in [0.25, 0.3) is 5.91 Å². The van der Waals surface area contributed by atoms with Crippen molar-refractivity contribution in [3.05, 3.63) is 24.3 Å². The second-order valence-electron chi connectivity index (χ2n) is 5.73. The highest BCUT2D eigenvalue weighted by atomic mass is 32.2. The zero-order chi connectivity index (χ0) is 20.8. The van der Waals surface area contributed by atoms with Crippen LogP contribution in [-0.4, -0.2) is 67.9 Å². The van der Waals surface area contributed by atoms with Crippen LogP contribution in [0.15, 0.2) is 24.3 Å². The molecule has 0 bridgehead atoms. The van der Waals surface area contributed by atoms with E-state index in [9.17, 15) is 14.4 Å². The minimum absolute atomic E-state index is 0.0508. The number of aliphatic carboxylic acids is 1. The lowest BCUT2D eigenvalue weighted by Gasteiger charge is -2.21. The van der Waals surface area contributed by atoms with Crippen LogP contribution in [0.1, 0.15) is 12.8 Å². The number of rotatable bonds is 14. The van der Waals surface area contributed by atoms with Crippen molar-refractivity contribution in [2.75, 3.05) is 44.2 Å². The van der Waals surface area contributed by atoms with Crippen molar-refractivity contribution >= 4 is 35.2 Å². The third kappa shape index (κ3) is 10.0. The third-order valence-corrected chi connectivity index (χ3v) is 3.97. The van der Waals surface area contributed by atoms with Gasteiger partial charge in [0.05, 0.1) is 19.0 Å². The standard InChI is InChI=1S/C18H27N3O6S/c1-26-11-9-19-18(25)17(21-15(22)12-28-2)20-13-5-7-14(8-6-13)27-10-3-4-16(23)24/h5-8,17,20H,3-4,9-12H2,1-2H3,(H,19,25)(H,21,22)(H,23,24). The number of carboxylic acid groups (broad SMARTS) is 1. The molecule has 0 aliphatic rings. The van der Waals surface area contributed by atoms with E-state index < -0.39 is 12.1 Å². The van der Waals surface area contributed by atoms with Crippen molar-refractivity contribution in [1.29, 1.82) is 0 Å².